The molecular formula is C13H19N3O. The zero-order valence-electron chi connectivity index (χ0n) is 10.4. The summed E-state index contributed by atoms with van der Waals surface area (Å²) in [6.45, 7) is 5.98. The number of carbonyl (C=O) groups is 1. The van der Waals surface area contributed by atoms with E-state index in [1.165, 1.54) is 12.8 Å². The summed E-state index contributed by atoms with van der Waals surface area (Å²) in [5, 5.41) is 2.86. The monoisotopic (exact) mass is 233 g/mol. The molecule has 1 amide bonds. The molecule has 0 saturated carbocycles. The Morgan fingerprint density at radius 2 is 2.06 bits per heavy atom. The van der Waals surface area contributed by atoms with Crippen LogP contribution in [0.2, 0.25) is 0 Å². The molecule has 17 heavy (non-hydrogen) atoms. The summed E-state index contributed by atoms with van der Waals surface area (Å²) in [5.74, 6) is 0.819. The Morgan fingerprint density at radius 1 is 1.35 bits per heavy atom. The normalized spacial score (nSPS) is 15.4. The molecule has 2 heterocycles. The van der Waals surface area contributed by atoms with E-state index in [2.05, 4.69) is 15.2 Å². The van der Waals surface area contributed by atoms with E-state index < -0.39 is 0 Å². The Labute approximate surface area is 102 Å². The summed E-state index contributed by atoms with van der Waals surface area (Å²) in [5.41, 5.74) is 0.503. The predicted octanol–water partition coefficient (Wildman–Crippen LogP) is 1.82. The van der Waals surface area contributed by atoms with Crippen molar-refractivity contribution in [3.63, 3.8) is 0 Å². The van der Waals surface area contributed by atoms with Crippen molar-refractivity contribution >= 4 is 11.7 Å². The second-order valence-corrected chi connectivity index (χ2v) is 4.70. The lowest BCUT2D eigenvalue weighted by atomic mass is 10.3. The van der Waals surface area contributed by atoms with Crippen LogP contribution in [0.5, 0.6) is 0 Å². The highest BCUT2D eigenvalue weighted by Gasteiger charge is 2.15. The van der Waals surface area contributed by atoms with Crippen molar-refractivity contribution in [1.82, 2.24) is 10.3 Å². The number of pyridine rings is 1. The second kappa shape index (κ2) is 5.17. The van der Waals surface area contributed by atoms with Gasteiger partial charge in [0.2, 0.25) is 0 Å². The zero-order valence-corrected chi connectivity index (χ0v) is 10.4. The Bertz CT molecular complexity index is 397. The minimum atomic E-state index is -0.0963. The number of hydrogen-bond acceptors (Lipinski definition) is 3. The fraction of sp³-hybridized carbons (Fsp3) is 0.538. The first kappa shape index (κ1) is 11.9. The van der Waals surface area contributed by atoms with Crippen LogP contribution >= 0.6 is 0 Å². The van der Waals surface area contributed by atoms with Crippen LogP contribution in [0.25, 0.3) is 0 Å². The van der Waals surface area contributed by atoms with Gasteiger partial charge in [0, 0.05) is 19.1 Å². The Balaban J connectivity index is 2.13. The molecular weight excluding hydrogens is 214 g/mol. The molecule has 1 aliphatic rings. The molecule has 4 nitrogen and oxygen atoms in total. The van der Waals surface area contributed by atoms with Gasteiger partial charge in [0.05, 0.1) is 0 Å². The third kappa shape index (κ3) is 2.96. The van der Waals surface area contributed by atoms with Crippen molar-refractivity contribution in [2.24, 2.45) is 0 Å². The Kier molecular flexibility index (Phi) is 3.61. The SMILES string of the molecule is CC(C)NC(=O)c1cccc(N2CCCC2)n1. The van der Waals surface area contributed by atoms with E-state index in [1.807, 2.05) is 26.0 Å². The van der Waals surface area contributed by atoms with Gasteiger partial charge in [-0.05, 0) is 38.8 Å². The maximum Gasteiger partial charge on any atom is 0.270 e. The van der Waals surface area contributed by atoms with Crippen molar-refractivity contribution in [1.29, 1.82) is 0 Å². The number of nitrogens with one attached hydrogen (secondary N) is 1. The first-order valence-electron chi connectivity index (χ1n) is 6.19. The first-order valence-corrected chi connectivity index (χ1v) is 6.19. The van der Waals surface area contributed by atoms with Gasteiger partial charge in [-0.15, -0.1) is 0 Å². The third-order valence-electron chi connectivity index (χ3n) is 2.82. The smallest absolute Gasteiger partial charge is 0.270 e. The zero-order chi connectivity index (χ0) is 12.3. The van der Waals surface area contributed by atoms with E-state index in [0.29, 0.717) is 5.69 Å². The lowest BCUT2D eigenvalue weighted by molar-refractivity contribution is 0.0938. The molecule has 0 unspecified atom stereocenters. The maximum atomic E-state index is 11.8. The average Bonchev–Trinajstić information content (AvgIpc) is 2.82. The highest BCUT2D eigenvalue weighted by molar-refractivity contribution is 5.92. The van der Waals surface area contributed by atoms with Gasteiger partial charge >= 0.3 is 0 Å². The molecule has 0 atom stereocenters. The van der Waals surface area contributed by atoms with Crippen molar-refractivity contribution in [3.05, 3.63) is 23.9 Å². The molecule has 1 N–H and O–H groups in total. The molecule has 0 aromatic carbocycles. The van der Waals surface area contributed by atoms with Crippen molar-refractivity contribution in [2.45, 2.75) is 32.7 Å². The Morgan fingerprint density at radius 3 is 2.71 bits per heavy atom. The van der Waals surface area contributed by atoms with Gasteiger partial charge in [-0.25, -0.2) is 4.98 Å². The van der Waals surface area contributed by atoms with Crippen LogP contribution in [0.3, 0.4) is 0 Å². The fourth-order valence-corrected chi connectivity index (χ4v) is 2.01. The molecule has 1 aliphatic heterocycles. The minimum absolute atomic E-state index is 0.0963. The van der Waals surface area contributed by atoms with Crippen molar-refractivity contribution in [3.8, 4) is 0 Å². The molecule has 92 valence electrons. The van der Waals surface area contributed by atoms with Crippen LogP contribution in [-0.4, -0.2) is 30.0 Å². The number of carbonyl (C=O) groups excluding carboxylic acids is 1. The van der Waals surface area contributed by atoms with Crippen LogP contribution in [0.4, 0.5) is 5.82 Å². The number of anilines is 1. The maximum absolute atomic E-state index is 11.8. The summed E-state index contributed by atoms with van der Waals surface area (Å²) in [6, 6.07) is 5.77. The summed E-state index contributed by atoms with van der Waals surface area (Å²) in [4.78, 5) is 18.5. The minimum Gasteiger partial charge on any atom is -0.357 e. The topological polar surface area (TPSA) is 45.2 Å². The number of aromatic nitrogens is 1. The van der Waals surface area contributed by atoms with E-state index in [0.717, 1.165) is 18.9 Å². The van der Waals surface area contributed by atoms with Gasteiger partial charge in [-0.2, -0.15) is 0 Å². The van der Waals surface area contributed by atoms with Gasteiger partial charge in [-0.3, -0.25) is 4.79 Å². The quantitative estimate of drug-likeness (QED) is 0.866. The van der Waals surface area contributed by atoms with Gasteiger partial charge in [0.25, 0.3) is 5.91 Å². The largest absolute Gasteiger partial charge is 0.357 e. The van der Waals surface area contributed by atoms with E-state index >= 15 is 0 Å². The van der Waals surface area contributed by atoms with Crippen LogP contribution in [0.15, 0.2) is 18.2 Å². The summed E-state index contributed by atoms with van der Waals surface area (Å²) >= 11 is 0. The molecule has 2 rings (SSSR count). The second-order valence-electron chi connectivity index (χ2n) is 4.70. The van der Waals surface area contributed by atoms with E-state index in [-0.39, 0.29) is 11.9 Å². The summed E-state index contributed by atoms with van der Waals surface area (Å²) < 4.78 is 0. The molecule has 4 heteroatoms. The number of rotatable bonds is 3. The highest BCUT2D eigenvalue weighted by atomic mass is 16.1. The molecule has 0 bridgehead atoms. The van der Waals surface area contributed by atoms with Crippen LogP contribution in [0, 0.1) is 0 Å². The molecule has 1 aromatic heterocycles. The van der Waals surface area contributed by atoms with E-state index in [9.17, 15) is 4.79 Å². The first-order chi connectivity index (χ1) is 8.16. The molecule has 0 spiro atoms. The lowest BCUT2D eigenvalue weighted by Crippen LogP contribution is -2.31. The number of nitrogens with zero attached hydrogens (tertiary/aromatic N) is 2. The molecule has 0 radical (unpaired) electrons. The number of hydrogen-bond donors (Lipinski definition) is 1. The van der Waals surface area contributed by atoms with Gasteiger partial charge in [0.1, 0.15) is 11.5 Å². The van der Waals surface area contributed by atoms with Crippen molar-refractivity contribution < 1.29 is 4.79 Å². The molecule has 0 aliphatic carbocycles. The Hall–Kier alpha value is -1.58. The molecule has 1 fully saturated rings. The van der Waals surface area contributed by atoms with E-state index in [4.69, 9.17) is 0 Å². The third-order valence-corrected chi connectivity index (χ3v) is 2.82. The van der Waals surface area contributed by atoms with Crippen molar-refractivity contribution in [2.75, 3.05) is 18.0 Å². The predicted molar refractivity (Wildman–Crippen MR) is 68.3 cm³/mol. The van der Waals surface area contributed by atoms with Crippen LogP contribution < -0.4 is 10.2 Å². The molecule has 1 saturated heterocycles. The summed E-state index contributed by atoms with van der Waals surface area (Å²) in [6.07, 6.45) is 2.42. The van der Waals surface area contributed by atoms with Gasteiger partial charge < -0.3 is 10.2 Å². The van der Waals surface area contributed by atoms with Crippen LogP contribution in [-0.2, 0) is 0 Å². The van der Waals surface area contributed by atoms with Gasteiger partial charge in [0.15, 0.2) is 0 Å². The summed E-state index contributed by atoms with van der Waals surface area (Å²) in [7, 11) is 0. The standard InChI is InChI=1S/C13H19N3O/c1-10(2)14-13(17)11-6-5-7-12(15-11)16-8-3-4-9-16/h5-7,10H,3-4,8-9H2,1-2H3,(H,14,17). The fourth-order valence-electron chi connectivity index (χ4n) is 2.01. The highest BCUT2D eigenvalue weighted by Crippen LogP contribution is 2.17. The molecule has 1 aromatic rings. The average molecular weight is 233 g/mol. The van der Waals surface area contributed by atoms with Crippen LogP contribution in [0.1, 0.15) is 37.2 Å². The van der Waals surface area contributed by atoms with E-state index in [1.54, 1.807) is 6.07 Å². The number of amides is 1. The lowest BCUT2D eigenvalue weighted by Gasteiger charge is -2.17. The van der Waals surface area contributed by atoms with Gasteiger partial charge in [-0.1, -0.05) is 6.07 Å².